The predicted octanol–water partition coefficient (Wildman–Crippen LogP) is 2.89. The molecule has 10 heteroatoms. The SMILES string of the molecule is CCN(CC)Cc1ccccc1CNc1ccc(S(=O)(=O)NCCN(C)C)cc1[N+](=O)[O-]. The van der Waals surface area contributed by atoms with Crippen molar-refractivity contribution in [1.82, 2.24) is 14.5 Å². The van der Waals surface area contributed by atoms with Crippen LogP contribution in [-0.4, -0.2) is 63.4 Å². The van der Waals surface area contributed by atoms with Gasteiger partial charge in [0.15, 0.2) is 0 Å². The molecule has 2 rings (SSSR count). The maximum absolute atomic E-state index is 12.5. The van der Waals surface area contributed by atoms with Crippen LogP contribution < -0.4 is 10.0 Å². The van der Waals surface area contributed by atoms with Crippen LogP contribution in [0.5, 0.6) is 0 Å². The van der Waals surface area contributed by atoms with Crippen molar-refractivity contribution in [2.45, 2.75) is 31.8 Å². The second kappa shape index (κ2) is 11.9. The minimum absolute atomic E-state index is 0.129. The fourth-order valence-electron chi connectivity index (χ4n) is 3.23. The molecular formula is C22H33N5O4S. The molecule has 9 nitrogen and oxygen atoms in total. The highest BCUT2D eigenvalue weighted by Gasteiger charge is 2.21. The number of likely N-dealkylation sites (N-methyl/N-ethyl adjacent to an activating group) is 1. The standard InChI is InChI=1S/C22H33N5O4S/c1-5-26(6-2)17-19-10-8-7-9-18(19)16-23-21-12-11-20(15-22(21)27(28)29)32(30,31)24-13-14-25(3)4/h7-12,15,23-24H,5-6,13-14,16-17H2,1-4H3. The van der Waals surface area contributed by atoms with E-state index in [2.05, 4.69) is 34.9 Å². The molecule has 176 valence electrons. The lowest BCUT2D eigenvalue weighted by Crippen LogP contribution is -2.31. The number of nitro groups is 1. The first-order valence-electron chi connectivity index (χ1n) is 10.6. The largest absolute Gasteiger partial charge is 0.375 e. The Morgan fingerprint density at radius 3 is 2.28 bits per heavy atom. The van der Waals surface area contributed by atoms with Crippen molar-refractivity contribution in [3.05, 3.63) is 63.7 Å². The van der Waals surface area contributed by atoms with Crippen LogP contribution in [0.1, 0.15) is 25.0 Å². The topological polar surface area (TPSA) is 108 Å². The number of nitrogens with zero attached hydrogens (tertiary/aromatic N) is 3. The number of rotatable bonds is 13. The van der Waals surface area contributed by atoms with Crippen molar-refractivity contribution < 1.29 is 13.3 Å². The summed E-state index contributed by atoms with van der Waals surface area (Å²) in [6, 6.07) is 11.9. The van der Waals surface area contributed by atoms with E-state index in [-0.39, 0.29) is 22.8 Å². The molecule has 32 heavy (non-hydrogen) atoms. The minimum atomic E-state index is -3.84. The molecule has 0 saturated heterocycles. The molecule has 0 bridgehead atoms. The van der Waals surface area contributed by atoms with Gasteiger partial charge in [-0.3, -0.25) is 15.0 Å². The average molecular weight is 464 g/mol. The Balaban J connectivity index is 2.21. The van der Waals surface area contributed by atoms with E-state index in [1.54, 1.807) is 0 Å². The summed E-state index contributed by atoms with van der Waals surface area (Å²) in [6.07, 6.45) is 0. The molecule has 0 aliphatic rings. The van der Waals surface area contributed by atoms with Gasteiger partial charge in [0.1, 0.15) is 5.69 Å². The molecule has 0 saturated carbocycles. The molecule has 0 fully saturated rings. The predicted molar refractivity (Wildman–Crippen MR) is 127 cm³/mol. The third-order valence-corrected chi connectivity index (χ3v) is 6.66. The summed E-state index contributed by atoms with van der Waals surface area (Å²) >= 11 is 0. The summed E-state index contributed by atoms with van der Waals surface area (Å²) in [6.45, 7) is 8.01. The van der Waals surface area contributed by atoms with Crippen LogP contribution in [-0.2, 0) is 23.1 Å². The molecule has 2 N–H and O–H groups in total. The number of hydrogen-bond acceptors (Lipinski definition) is 7. The van der Waals surface area contributed by atoms with Crippen LogP contribution in [0.15, 0.2) is 47.4 Å². The first-order valence-corrected chi connectivity index (χ1v) is 12.1. The van der Waals surface area contributed by atoms with Crippen LogP contribution in [0.4, 0.5) is 11.4 Å². The number of nitro benzene ring substituents is 1. The molecule has 2 aromatic carbocycles. The van der Waals surface area contributed by atoms with Gasteiger partial charge in [0.05, 0.1) is 9.82 Å². The molecule has 0 aromatic heterocycles. The second-order valence-electron chi connectivity index (χ2n) is 7.72. The lowest BCUT2D eigenvalue weighted by atomic mass is 10.1. The Kier molecular flexibility index (Phi) is 9.58. The summed E-state index contributed by atoms with van der Waals surface area (Å²) in [4.78, 5) is 15.1. The third kappa shape index (κ3) is 7.27. The lowest BCUT2D eigenvalue weighted by molar-refractivity contribution is -0.384. The van der Waals surface area contributed by atoms with Crippen molar-refractivity contribution in [2.24, 2.45) is 0 Å². The molecule has 0 aliphatic heterocycles. The zero-order chi connectivity index (χ0) is 23.7. The van der Waals surface area contributed by atoms with E-state index < -0.39 is 14.9 Å². The number of nitrogens with one attached hydrogen (secondary N) is 2. The van der Waals surface area contributed by atoms with E-state index in [4.69, 9.17) is 0 Å². The van der Waals surface area contributed by atoms with Crippen molar-refractivity contribution in [3.63, 3.8) is 0 Å². The molecule has 0 aliphatic carbocycles. The van der Waals surface area contributed by atoms with Crippen molar-refractivity contribution in [1.29, 1.82) is 0 Å². The van der Waals surface area contributed by atoms with Crippen molar-refractivity contribution in [3.8, 4) is 0 Å². The number of anilines is 1. The molecule has 0 spiro atoms. The van der Waals surface area contributed by atoms with Crippen molar-refractivity contribution in [2.75, 3.05) is 45.6 Å². The van der Waals surface area contributed by atoms with E-state index in [1.807, 2.05) is 37.2 Å². The molecule has 0 radical (unpaired) electrons. The van der Waals surface area contributed by atoms with Gasteiger partial charge < -0.3 is 10.2 Å². The Hall–Kier alpha value is -2.53. The van der Waals surface area contributed by atoms with Gasteiger partial charge in [0, 0.05) is 32.2 Å². The molecule has 0 atom stereocenters. The average Bonchev–Trinajstić information content (AvgIpc) is 2.76. The maximum atomic E-state index is 12.5. The molecular weight excluding hydrogens is 430 g/mol. The molecule has 2 aromatic rings. The first-order chi connectivity index (χ1) is 15.2. The van der Waals surface area contributed by atoms with E-state index in [1.165, 1.54) is 12.1 Å². The van der Waals surface area contributed by atoms with Crippen LogP contribution in [0.2, 0.25) is 0 Å². The van der Waals surface area contributed by atoms with Crippen molar-refractivity contribution >= 4 is 21.4 Å². The zero-order valence-corrected chi connectivity index (χ0v) is 20.0. The Morgan fingerprint density at radius 2 is 1.69 bits per heavy atom. The van der Waals surface area contributed by atoms with Gasteiger partial charge in [0.25, 0.3) is 5.69 Å². The van der Waals surface area contributed by atoms with Crippen LogP contribution >= 0.6 is 0 Å². The maximum Gasteiger partial charge on any atom is 0.293 e. The zero-order valence-electron chi connectivity index (χ0n) is 19.2. The van der Waals surface area contributed by atoms with Crippen LogP contribution in [0.3, 0.4) is 0 Å². The van der Waals surface area contributed by atoms with Gasteiger partial charge in [-0.2, -0.15) is 0 Å². The molecule has 0 unspecified atom stereocenters. The smallest absolute Gasteiger partial charge is 0.293 e. The van der Waals surface area contributed by atoms with Gasteiger partial charge in [-0.1, -0.05) is 38.1 Å². The van der Waals surface area contributed by atoms with Gasteiger partial charge >= 0.3 is 0 Å². The Labute approximate surface area is 190 Å². The summed E-state index contributed by atoms with van der Waals surface area (Å²) in [5.41, 5.74) is 2.19. The van der Waals surface area contributed by atoms with E-state index >= 15 is 0 Å². The van der Waals surface area contributed by atoms with Gasteiger partial charge in [-0.25, -0.2) is 13.1 Å². The first kappa shape index (κ1) is 25.7. The highest BCUT2D eigenvalue weighted by Crippen LogP contribution is 2.28. The number of hydrogen-bond donors (Lipinski definition) is 2. The van der Waals surface area contributed by atoms with Crippen LogP contribution in [0, 0.1) is 10.1 Å². The van der Waals surface area contributed by atoms with Gasteiger partial charge in [-0.15, -0.1) is 0 Å². The van der Waals surface area contributed by atoms with E-state index in [0.717, 1.165) is 36.8 Å². The summed E-state index contributed by atoms with van der Waals surface area (Å²) in [7, 11) is -0.170. The van der Waals surface area contributed by atoms with Crippen LogP contribution in [0.25, 0.3) is 0 Å². The van der Waals surface area contributed by atoms with E-state index in [9.17, 15) is 18.5 Å². The van der Waals surface area contributed by atoms with E-state index in [0.29, 0.717) is 13.1 Å². The normalized spacial score (nSPS) is 11.8. The number of sulfonamides is 1. The molecule has 0 amide bonds. The highest BCUT2D eigenvalue weighted by atomic mass is 32.2. The van der Waals surface area contributed by atoms with Gasteiger partial charge in [0.2, 0.25) is 10.0 Å². The summed E-state index contributed by atoms with van der Waals surface area (Å²) in [5.74, 6) is 0. The second-order valence-corrected chi connectivity index (χ2v) is 9.49. The third-order valence-electron chi connectivity index (χ3n) is 5.20. The Bertz CT molecular complexity index is 1010. The minimum Gasteiger partial charge on any atom is -0.375 e. The monoisotopic (exact) mass is 463 g/mol. The molecule has 0 heterocycles. The number of benzene rings is 2. The summed E-state index contributed by atoms with van der Waals surface area (Å²) < 4.78 is 27.5. The lowest BCUT2D eigenvalue weighted by Gasteiger charge is -2.20. The quantitative estimate of drug-likeness (QED) is 0.347. The fourth-order valence-corrected chi connectivity index (χ4v) is 4.27. The highest BCUT2D eigenvalue weighted by molar-refractivity contribution is 7.89. The summed E-state index contributed by atoms with van der Waals surface area (Å²) in [5, 5.41) is 14.8. The Morgan fingerprint density at radius 1 is 1.03 bits per heavy atom. The van der Waals surface area contributed by atoms with Gasteiger partial charge in [-0.05, 0) is 50.4 Å². The fraction of sp³-hybridized carbons (Fsp3) is 0.455.